The second-order valence-corrected chi connectivity index (χ2v) is 8.30. The molecule has 31 heavy (non-hydrogen) atoms. The third-order valence-electron chi connectivity index (χ3n) is 5.48. The summed E-state index contributed by atoms with van der Waals surface area (Å²) in [4.78, 5) is 40.2. The molecule has 0 saturated carbocycles. The smallest absolute Gasteiger partial charge is 0.289 e. The summed E-state index contributed by atoms with van der Waals surface area (Å²) in [5, 5.41) is 3.56. The molecule has 164 valence electrons. The highest BCUT2D eigenvalue weighted by molar-refractivity contribution is 7.27. The van der Waals surface area contributed by atoms with Crippen molar-refractivity contribution in [1.82, 2.24) is 20.3 Å². The quantitative estimate of drug-likeness (QED) is 0.711. The summed E-state index contributed by atoms with van der Waals surface area (Å²) in [6.07, 6.45) is 6.89. The van der Waals surface area contributed by atoms with Crippen LogP contribution in [0.25, 0.3) is 0 Å². The van der Waals surface area contributed by atoms with Crippen LogP contribution in [0.2, 0.25) is 0 Å². The zero-order valence-corrected chi connectivity index (χ0v) is 18.8. The number of nitrogens with one attached hydrogen (secondary N) is 1. The molecule has 0 spiro atoms. The molecule has 0 bridgehead atoms. The van der Waals surface area contributed by atoms with Gasteiger partial charge in [-0.2, -0.15) is 0 Å². The molecule has 2 amide bonds. The van der Waals surface area contributed by atoms with E-state index in [4.69, 9.17) is 9.47 Å². The third kappa shape index (κ3) is 4.52. The topological polar surface area (TPSA) is 107 Å². The van der Waals surface area contributed by atoms with Crippen LogP contribution in [0.3, 0.4) is 0 Å². The van der Waals surface area contributed by atoms with E-state index in [9.17, 15) is 9.59 Å². The molecule has 9 nitrogen and oxygen atoms in total. The molecule has 1 saturated heterocycles. The van der Waals surface area contributed by atoms with E-state index in [1.807, 2.05) is 6.92 Å². The van der Waals surface area contributed by atoms with Crippen molar-refractivity contribution in [2.75, 3.05) is 25.2 Å². The molecule has 2 aliphatic rings. The standard InChI is InChI=1S/C21H26N5O4P/c1-3-12-9-22-18(25-17(12)15-6-4-5-7-29-15)20(27)24-14-11-30-16-8-13(31)10-23-19(16)26(2)21(14)28/h8-10,14-15H,3-7,11,31H2,1-2H3,(H,24,27)/t14-,15?/m0/s1. The van der Waals surface area contributed by atoms with Crippen LogP contribution in [0, 0.1) is 0 Å². The predicted molar refractivity (Wildman–Crippen MR) is 118 cm³/mol. The van der Waals surface area contributed by atoms with Gasteiger partial charge >= 0.3 is 0 Å². The number of aromatic nitrogens is 3. The average molecular weight is 443 g/mol. The first kappa shape index (κ1) is 21.6. The fraction of sp³-hybridized carbons (Fsp3) is 0.476. The average Bonchev–Trinajstić information content (AvgIpc) is 2.91. The Kier molecular flexibility index (Phi) is 6.43. The van der Waals surface area contributed by atoms with E-state index in [1.54, 1.807) is 25.5 Å². The van der Waals surface area contributed by atoms with Gasteiger partial charge in [0.2, 0.25) is 5.82 Å². The summed E-state index contributed by atoms with van der Waals surface area (Å²) < 4.78 is 11.6. The van der Waals surface area contributed by atoms with Gasteiger partial charge in [-0.25, -0.2) is 15.0 Å². The molecule has 0 aromatic carbocycles. The molecule has 4 rings (SSSR count). The molecule has 0 radical (unpaired) electrons. The van der Waals surface area contributed by atoms with Crippen molar-refractivity contribution >= 4 is 32.2 Å². The van der Waals surface area contributed by atoms with Gasteiger partial charge in [0.05, 0.1) is 11.8 Å². The number of carbonyl (C=O) groups is 2. The van der Waals surface area contributed by atoms with Crippen LogP contribution in [-0.2, 0) is 16.0 Å². The minimum absolute atomic E-state index is 0.0106. The number of rotatable bonds is 4. The number of carbonyl (C=O) groups excluding carboxylic acids is 2. The highest BCUT2D eigenvalue weighted by atomic mass is 31.0. The van der Waals surface area contributed by atoms with E-state index >= 15 is 0 Å². The van der Waals surface area contributed by atoms with Crippen molar-refractivity contribution in [2.45, 2.75) is 44.8 Å². The van der Waals surface area contributed by atoms with E-state index in [2.05, 4.69) is 29.5 Å². The van der Waals surface area contributed by atoms with Crippen LogP contribution < -0.4 is 20.3 Å². The Morgan fingerprint density at radius 3 is 2.90 bits per heavy atom. The molecule has 4 heterocycles. The molecule has 0 aliphatic carbocycles. The Hall–Kier alpha value is -2.64. The lowest BCUT2D eigenvalue weighted by atomic mass is 10.0. The Balaban J connectivity index is 1.53. The van der Waals surface area contributed by atoms with Crippen LogP contribution in [-0.4, -0.2) is 53.1 Å². The molecule has 2 aromatic heterocycles. The minimum atomic E-state index is -0.886. The second-order valence-electron chi connectivity index (χ2n) is 7.64. The summed E-state index contributed by atoms with van der Waals surface area (Å²) in [6, 6.07) is 0.896. The Morgan fingerprint density at radius 1 is 1.32 bits per heavy atom. The lowest BCUT2D eigenvalue weighted by molar-refractivity contribution is -0.120. The van der Waals surface area contributed by atoms with Crippen LogP contribution >= 0.6 is 9.24 Å². The largest absolute Gasteiger partial charge is 0.487 e. The van der Waals surface area contributed by atoms with E-state index in [0.29, 0.717) is 18.2 Å². The molecule has 1 fully saturated rings. The van der Waals surface area contributed by atoms with Crippen LogP contribution in [0.15, 0.2) is 18.5 Å². The number of hydrogen-bond acceptors (Lipinski definition) is 7. The lowest BCUT2D eigenvalue weighted by Gasteiger charge is -2.24. The van der Waals surface area contributed by atoms with Gasteiger partial charge in [-0.3, -0.25) is 14.5 Å². The molecular formula is C21H26N5O4P. The fourth-order valence-corrected chi connectivity index (χ4v) is 3.98. The maximum Gasteiger partial charge on any atom is 0.289 e. The maximum absolute atomic E-state index is 12.9. The SMILES string of the molecule is CCc1cnc(C(=O)N[C@H]2COc3cc(P)cnc3N(C)C2=O)nc1C1CCCCO1. The number of anilines is 1. The molecule has 2 unspecified atom stereocenters. The minimum Gasteiger partial charge on any atom is -0.487 e. The molecule has 3 atom stereocenters. The van der Waals surface area contributed by atoms with Crippen LogP contribution in [0.1, 0.15) is 54.2 Å². The van der Waals surface area contributed by atoms with Crippen molar-refractivity contribution in [1.29, 1.82) is 0 Å². The number of likely N-dealkylation sites (N-methyl/N-ethyl adjacent to an activating group) is 1. The van der Waals surface area contributed by atoms with Gasteiger partial charge in [-0.05, 0) is 42.6 Å². The van der Waals surface area contributed by atoms with Crippen molar-refractivity contribution in [3.63, 3.8) is 0 Å². The van der Waals surface area contributed by atoms with Crippen molar-refractivity contribution in [2.24, 2.45) is 0 Å². The zero-order chi connectivity index (χ0) is 22.0. The van der Waals surface area contributed by atoms with Gasteiger partial charge in [0.1, 0.15) is 12.6 Å². The molecule has 2 aliphatic heterocycles. The van der Waals surface area contributed by atoms with E-state index in [1.165, 1.54) is 4.90 Å². The number of nitrogens with zero attached hydrogens (tertiary/aromatic N) is 4. The van der Waals surface area contributed by atoms with Gasteiger partial charge in [0, 0.05) is 26.0 Å². The Labute approximate surface area is 183 Å². The summed E-state index contributed by atoms with van der Waals surface area (Å²) >= 11 is 0. The third-order valence-corrected chi connectivity index (χ3v) is 5.79. The number of amides is 2. The molecule has 10 heteroatoms. The fourth-order valence-electron chi connectivity index (χ4n) is 3.76. The van der Waals surface area contributed by atoms with Crippen molar-refractivity contribution in [3.05, 3.63) is 35.5 Å². The highest BCUT2D eigenvalue weighted by Gasteiger charge is 2.32. The first-order valence-electron chi connectivity index (χ1n) is 10.4. The van der Waals surface area contributed by atoms with E-state index in [-0.39, 0.29) is 24.4 Å². The number of hydrogen-bond donors (Lipinski definition) is 1. The molecule has 1 N–H and O–H groups in total. The van der Waals surface area contributed by atoms with Gasteiger partial charge < -0.3 is 14.8 Å². The van der Waals surface area contributed by atoms with E-state index in [0.717, 1.165) is 42.2 Å². The first-order valence-corrected chi connectivity index (χ1v) is 11.0. The number of ether oxygens (including phenoxy) is 2. The number of pyridine rings is 1. The summed E-state index contributed by atoms with van der Waals surface area (Å²) in [5.41, 5.74) is 1.72. The monoisotopic (exact) mass is 443 g/mol. The highest BCUT2D eigenvalue weighted by Crippen LogP contribution is 2.29. The van der Waals surface area contributed by atoms with Gasteiger partial charge in [-0.1, -0.05) is 6.92 Å². The molecule has 2 aromatic rings. The number of fused-ring (bicyclic) bond motifs is 1. The zero-order valence-electron chi connectivity index (χ0n) is 17.6. The molecular weight excluding hydrogens is 417 g/mol. The van der Waals surface area contributed by atoms with E-state index < -0.39 is 11.9 Å². The van der Waals surface area contributed by atoms with Crippen molar-refractivity contribution in [3.8, 4) is 5.75 Å². The Bertz CT molecular complexity index is 996. The van der Waals surface area contributed by atoms with Gasteiger partial charge in [0.15, 0.2) is 11.6 Å². The summed E-state index contributed by atoms with van der Waals surface area (Å²) in [6.45, 7) is 2.70. The lowest BCUT2D eigenvalue weighted by Crippen LogP contribution is -2.49. The summed E-state index contributed by atoms with van der Waals surface area (Å²) in [5.74, 6) is 0.0652. The van der Waals surface area contributed by atoms with Gasteiger partial charge in [-0.15, -0.1) is 9.24 Å². The Morgan fingerprint density at radius 2 is 2.16 bits per heavy atom. The van der Waals surface area contributed by atoms with Gasteiger partial charge in [0.25, 0.3) is 11.8 Å². The summed E-state index contributed by atoms with van der Waals surface area (Å²) in [7, 11) is 4.15. The first-order chi connectivity index (χ1) is 15.0. The van der Waals surface area contributed by atoms with Crippen LogP contribution in [0.5, 0.6) is 5.75 Å². The normalized spacial score (nSPS) is 21.1. The maximum atomic E-state index is 12.9. The predicted octanol–water partition coefficient (Wildman–Crippen LogP) is 1.33. The van der Waals surface area contributed by atoms with Crippen molar-refractivity contribution < 1.29 is 19.1 Å². The number of aryl methyl sites for hydroxylation is 1. The second kappa shape index (κ2) is 9.24. The van der Waals surface area contributed by atoms with Crippen LogP contribution in [0.4, 0.5) is 5.82 Å².